The van der Waals surface area contributed by atoms with Crippen LogP contribution in [-0.2, 0) is 10.0 Å². The molecular formula is C14H15FN2O2S. The molecule has 0 unspecified atom stereocenters. The molecule has 20 heavy (non-hydrogen) atoms. The molecule has 0 aliphatic rings. The first kappa shape index (κ1) is 14.5. The monoisotopic (exact) mass is 294 g/mol. The van der Waals surface area contributed by atoms with Gasteiger partial charge in [0.15, 0.2) is 0 Å². The van der Waals surface area contributed by atoms with E-state index in [2.05, 4.69) is 9.71 Å². The van der Waals surface area contributed by atoms with Crippen LogP contribution >= 0.6 is 0 Å². The molecule has 0 amide bonds. The van der Waals surface area contributed by atoms with Crippen molar-refractivity contribution in [2.75, 3.05) is 4.72 Å². The summed E-state index contributed by atoms with van der Waals surface area (Å²) in [6.07, 6.45) is 3.03. The van der Waals surface area contributed by atoms with E-state index < -0.39 is 15.8 Å². The number of aromatic nitrogens is 1. The highest BCUT2D eigenvalue weighted by atomic mass is 32.2. The van der Waals surface area contributed by atoms with E-state index in [0.29, 0.717) is 16.8 Å². The lowest BCUT2D eigenvalue weighted by Gasteiger charge is -2.14. The van der Waals surface area contributed by atoms with Crippen LogP contribution in [0.15, 0.2) is 35.5 Å². The van der Waals surface area contributed by atoms with Gasteiger partial charge in [0.05, 0.1) is 16.8 Å². The Morgan fingerprint density at radius 2 is 1.70 bits per heavy atom. The van der Waals surface area contributed by atoms with Gasteiger partial charge in [0.2, 0.25) is 0 Å². The van der Waals surface area contributed by atoms with Crippen LogP contribution in [0.3, 0.4) is 0 Å². The molecule has 1 aromatic heterocycles. The van der Waals surface area contributed by atoms with Gasteiger partial charge in [-0.05, 0) is 55.7 Å². The first-order valence-electron chi connectivity index (χ1n) is 6.01. The van der Waals surface area contributed by atoms with Crippen molar-refractivity contribution < 1.29 is 12.8 Å². The summed E-state index contributed by atoms with van der Waals surface area (Å²) in [7, 11) is -3.77. The molecule has 0 atom stereocenters. The molecule has 6 heteroatoms. The molecule has 0 radical (unpaired) electrons. The van der Waals surface area contributed by atoms with Crippen molar-refractivity contribution in [1.82, 2.24) is 4.98 Å². The van der Waals surface area contributed by atoms with Crippen LogP contribution in [-0.4, -0.2) is 13.4 Å². The van der Waals surface area contributed by atoms with E-state index in [9.17, 15) is 12.8 Å². The second-order valence-corrected chi connectivity index (χ2v) is 6.28. The summed E-state index contributed by atoms with van der Waals surface area (Å²) >= 11 is 0. The van der Waals surface area contributed by atoms with Crippen molar-refractivity contribution in [2.24, 2.45) is 0 Å². The van der Waals surface area contributed by atoms with Crippen LogP contribution in [0.4, 0.5) is 10.1 Å². The molecule has 0 bridgehead atoms. The van der Waals surface area contributed by atoms with Gasteiger partial charge in [-0.2, -0.15) is 0 Å². The zero-order valence-corrected chi connectivity index (χ0v) is 12.3. The zero-order valence-electron chi connectivity index (χ0n) is 11.4. The number of nitrogens with zero attached hydrogens (tertiary/aromatic N) is 1. The number of aryl methyl sites for hydroxylation is 3. The van der Waals surface area contributed by atoms with Crippen molar-refractivity contribution in [3.8, 4) is 0 Å². The summed E-state index contributed by atoms with van der Waals surface area (Å²) in [5, 5.41) is 0. The van der Waals surface area contributed by atoms with Crippen molar-refractivity contribution in [3.63, 3.8) is 0 Å². The van der Waals surface area contributed by atoms with Gasteiger partial charge in [0.1, 0.15) is 5.82 Å². The Hall–Kier alpha value is -1.95. The second kappa shape index (κ2) is 5.20. The number of sulfonamides is 1. The van der Waals surface area contributed by atoms with Crippen LogP contribution in [0.2, 0.25) is 0 Å². The average molecular weight is 294 g/mol. The molecular weight excluding hydrogens is 279 g/mol. The van der Waals surface area contributed by atoms with E-state index in [4.69, 9.17) is 0 Å². The number of benzene rings is 1. The largest absolute Gasteiger partial charge is 0.278 e. The van der Waals surface area contributed by atoms with Gasteiger partial charge in [-0.25, -0.2) is 12.8 Å². The van der Waals surface area contributed by atoms with Gasteiger partial charge in [-0.3, -0.25) is 9.71 Å². The fourth-order valence-corrected chi connectivity index (χ4v) is 3.66. The lowest BCUT2D eigenvalue weighted by atomic mass is 10.1. The molecule has 0 aliphatic heterocycles. The van der Waals surface area contributed by atoms with E-state index >= 15 is 0 Å². The van der Waals surface area contributed by atoms with E-state index in [0.717, 1.165) is 5.56 Å². The number of hydrogen-bond acceptors (Lipinski definition) is 3. The average Bonchev–Trinajstić information content (AvgIpc) is 2.30. The molecule has 0 fully saturated rings. The summed E-state index contributed by atoms with van der Waals surface area (Å²) in [6.45, 7) is 4.92. The Bertz CT molecular complexity index is 735. The summed E-state index contributed by atoms with van der Waals surface area (Å²) in [5.41, 5.74) is 1.92. The van der Waals surface area contributed by atoms with Crippen LogP contribution in [0.1, 0.15) is 16.7 Å². The summed E-state index contributed by atoms with van der Waals surface area (Å²) in [5.74, 6) is -0.448. The fraction of sp³-hybridized carbons (Fsp3) is 0.214. The van der Waals surface area contributed by atoms with Crippen LogP contribution < -0.4 is 4.72 Å². The summed E-state index contributed by atoms with van der Waals surface area (Å²) < 4.78 is 40.6. The molecule has 2 rings (SSSR count). The van der Waals surface area contributed by atoms with Crippen LogP contribution in [0, 0.1) is 26.6 Å². The Morgan fingerprint density at radius 3 is 2.25 bits per heavy atom. The molecule has 0 saturated heterocycles. The lowest BCUT2D eigenvalue weighted by molar-refractivity contribution is 0.597. The highest BCUT2D eigenvalue weighted by Crippen LogP contribution is 2.24. The van der Waals surface area contributed by atoms with Crippen molar-refractivity contribution in [2.45, 2.75) is 25.7 Å². The number of nitrogens with one attached hydrogen (secondary N) is 1. The van der Waals surface area contributed by atoms with E-state index in [-0.39, 0.29) is 4.90 Å². The maximum absolute atomic E-state index is 13.3. The minimum Gasteiger partial charge on any atom is -0.278 e. The number of hydrogen-bond donors (Lipinski definition) is 1. The van der Waals surface area contributed by atoms with Gasteiger partial charge < -0.3 is 0 Å². The molecule has 0 aliphatic carbocycles. The zero-order chi connectivity index (χ0) is 14.9. The number of anilines is 1. The van der Waals surface area contributed by atoms with Gasteiger partial charge >= 0.3 is 0 Å². The molecule has 0 saturated carbocycles. The number of halogens is 1. The van der Waals surface area contributed by atoms with E-state index in [1.54, 1.807) is 33.0 Å². The fourth-order valence-electron chi connectivity index (χ4n) is 2.09. The SMILES string of the molecule is Cc1ccncc1NS(=O)(=O)c1c(C)cc(F)cc1C. The third-order valence-corrected chi connectivity index (χ3v) is 4.65. The Balaban J connectivity index is 2.50. The van der Waals surface area contributed by atoms with Crippen molar-refractivity contribution in [3.05, 3.63) is 53.1 Å². The van der Waals surface area contributed by atoms with E-state index in [1.807, 2.05) is 0 Å². The second-order valence-electron chi connectivity index (χ2n) is 4.66. The predicted molar refractivity (Wildman–Crippen MR) is 75.7 cm³/mol. The molecule has 0 spiro atoms. The smallest absolute Gasteiger partial charge is 0.262 e. The summed E-state index contributed by atoms with van der Waals surface area (Å²) in [6, 6.07) is 4.12. The first-order valence-corrected chi connectivity index (χ1v) is 7.50. The Kier molecular flexibility index (Phi) is 3.76. The molecule has 1 aromatic carbocycles. The van der Waals surface area contributed by atoms with Crippen LogP contribution in [0.25, 0.3) is 0 Å². The summed E-state index contributed by atoms with van der Waals surface area (Å²) in [4.78, 5) is 3.99. The van der Waals surface area contributed by atoms with Crippen molar-refractivity contribution in [1.29, 1.82) is 0 Å². The Labute approximate surface area is 117 Å². The predicted octanol–water partition coefficient (Wildman–Crippen LogP) is 2.95. The third-order valence-electron chi connectivity index (χ3n) is 2.98. The number of rotatable bonds is 3. The maximum atomic E-state index is 13.3. The molecule has 1 heterocycles. The van der Waals surface area contributed by atoms with E-state index in [1.165, 1.54) is 18.3 Å². The first-order chi connectivity index (χ1) is 9.31. The number of pyridine rings is 1. The minimum atomic E-state index is -3.77. The third kappa shape index (κ3) is 2.80. The molecule has 4 nitrogen and oxygen atoms in total. The quantitative estimate of drug-likeness (QED) is 0.946. The maximum Gasteiger partial charge on any atom is 0.262 e. The van der Waals surface area contributed by atoms with Crippen molar-refractivity contribution >= 4 is 15.7 Å². The highest BCUT2D eigenvalue weighted by Gasteiger charge is 2.21. The van der Waals surface area contributed by atoms with Gasteiger partial charge in [0.25, 0.3) is 10.0 Å². The molecule has 106 valence electrons. The lowest BCUT2D eigenvalue weighted by Crippen LogP contribution is -2.16. The topological polar surface area (TPSA) is 59.1 Å². The standard InChI is InChI=1S/C14H15FN2O2S/c1-9-4-5-16-8-13(9)17-20(18,19)14-10(2)6-12(15)7-11(14)3/h4-8,17H,1-3H3. The van der Waals surface area contributed by atoms with Crippen LogP contribution in [0.5, 0.6) is 0 Å². The van der Waals surface area contributed by atoms with Gasteiger partial charge in [0, 0.05) is 6.20 Å². The molecule has 1 N–H and O–H groups in total. The Morgan fingerprint density at radius 1 is 1.10 bits per heavy atom. The molecule has 2 aromatic rings. The van der Waals surface area contributed by atoms with Gasteiger partial charge in [-0.1, -0.05) is 0 Å². The normalized spacial score (nSPS) is 11.4. The minimum absolute atomic E-state index is 0.0992. The van der Waals surface area contributed by atoms with Gasteiger partial charge in [-0.15, -0.1) is 0 Å². The highest BCUT2D eigenvalue weighted by molar-refractivity contribution is 7.92.